The summed E-state index contributed by atoms with van der Waals surface area (Å²) < 4.78 is 5.52. The molecule has 0 aliphatic heterocycles. The summed E-state index contributed by atoms with van der Waals surface area (Å²) in [6, 6.07) is 9.35. The van der Waals surface area contributed by atoms with Crippen LogP contribution in [0.2, 0.25) is 0 Å². The van der Waals surface area contributed by atoms with E-state index in [-0.39, 0.29) is 23.9 Å². The zero-order valence-electron chi connectivity index (χ0n) is 13.4. The number of hydrogen-bond donors (Lipinski definition) is 2. The molecule has 0 aromatic heterocycles. The molecule has 0 spiro atoms. The maximum absolute atomic E-state index is 11.9. The molecule has 0 heterocycles. The van der Waals surface area contributed by atoms with Gasteiger partial charge in [0.25, 0.3) is 0 Å². The van der Waals surface area contributed by atoms with E-state index in [4.69, 9.17) is 4.74 Å². The predicted octanol–water partition coefficient (Wildman–Crippen LogP) is 2.35. The van der Waals surface area contributed by atoms with Crippen molar-refractivity contribution in [2.24, 2.45) is 17.3 Å². The van der Waals surface area contributed by atoms with Crippen molar-refractivity contribution in [3.05, 3.63) is 42.5 Å². The fourth-order valence-corrected chi connectivity index (χ4v) is 3.80. The molecular formula is C19H24O4. The molecule has 2 aliphatic rings. The number of benzene rings is 1. The van der Waals surface area contributed by atoms with Crippen LogP contribution in [0.1, 0.15) is 26.2 Å². The van der Waals surface area contributed by atoms with Gasteiger partial charge >= 0.3 is 0 Å². The van der Waals surface area contributed by atoms with E-state index in [9.17, 15) is 15.0 Å². The Morgan fingerprint density at radius 2 is 2.13 bits per heavy atom. The summed E-state index contributed by atoms with van der Waals surface area (Å²) in [4.78, 5) is 11.9. The fourth-order valence-electron chi connectivity index (χ4n) is 3.80. The molecule has 23 heavy (non-hydrogen) atoms. The van der Waals surface area contributed by atoms with Crippen molar-refractivity contribution in [2.75, 3.05) is 6.61 Å². The topological polar surface area (TPSA) is 66.8 Å². The van der Waals surface area contributed by atoms with E-state index in [0.29, 0.717) is 18.6 Å². The number of ether oxygens (including phenoxy) is 1. The van der Waals surface area contributed by atoms with Crippen molar-refractivity contribution >= 4 is 5.78 Å². The van der Waals surface area contributed by atoms with Gasteiger partial charge in [0, 0.05) is 17.8 Å². The van der Waals surface area contributed by atoms with Gasteiger partial charge in [-0.2, -0.15) is 0 Å². The van der Waals surface area contributed by atoms with Crippen molar-refractivity contribution in [2.45, 2.75) is 38.4 Å². The molecule has 1 aromatic rings. The van der Waals surface area contributed by atoms with Crippen LogP contribution >= 0.6 is 0 Å². The number of carbonyl (C=O) groups excluding carboxylic acids is 1. The first-order chi connectivity index (χ1) is 11.0. The fraction of sp³-hybridized carbons (Fsp3) is 0.526. The van der Waals surface area contributed by atoms with E-state index in [1.165, 1.54) is 0 Å². The highest BCUT2D eigenvalue weighted by atomic mass is 16.5. The van der Waals surface area contributed by atoms with E-state index >= 15 is 0 Å². The first-order valence-electron chi connectivity index (χ1n) is 8.26. The van der Waals surface area contributed by atoms with Crippen molar-refractivity contribution in [3.63, 3.8) is 0 Å². The lowest BCUT2D eigenvalue weighted by Gasteiger charge is -2.53. The summed E-state index contributed by atoms with van der Waals surface area (Å²) in [7, 11) is 0. The first-order valence-corrected chi connectivity index (χ1v) is 8.26. The number of para-hydroxylation sites is 1. The van der Waals surface area contributed by atoms with Crippen molar-refractivity contribution in [1.82, 2.24) is 0 Å². The van der Waals surface area contributed by atoms with Gasteiger partial charge in [0.15, 0.2) is 0 Å². The molecule has 4 heteroatoms. The quantitative estimate of drug-likeness (QED) is 0.818. The van der Waals surface area contributed by atoms with Crippen LogP contribution in [0.3, 0.4) is 0 Å². The molecule has 2 saturated carbocycles. The van der Waals surface area contributed by atoms with Gasteiger partial charge in [0.05, 0.1) is 6.10 Å². The Balaban J connectivity index is 1.57. The number of aliphatic hydroxyl groups excluding tert-OH is 2. The summed E-state index contributed by atoms with van der Waals surface area (Å²) >= 11 is 0. The van der Waals surface area contributed by atoms with E-state index in [2.05, 4.69) is 0 Å². The maximum Gasteiger partial charge on any atom is 0.139 e. The van der Waals surface area contributed by atoms with Crippen LogP contribution in [0.4, 0.5) is 0 Å². The van der Waals surface area contributed by atoms with Gasteiger partial charge in [0.1, 0.15) is 24.2 Å². The van der Waals surface area contributed by atoms with Crippen molar-refractivity contribution < 1.29 is 19.7 Å². The Bertz CT molecular complexity index is 582. The van der Waals surface area contributed by atoms with Gasteiger partial charge in [-0.3, -0.25) is 4.79 Å². The van der Waals surface area contributed by atoms with Gasteiger partial charge < -0.3 is 14.9 Å². The molecule has 0 saturated heterocycles. The molecule has 1 aromatic carbocycles. The smallest absolute Gasteiger partial charge is 0.139 e. The normalized spacial score (nSPS) is 34.7. The standard InChI is InChI=1S/C19H24O4/c1-19-10-9-17(21)15(16(19)11-18(19)22)8-7-13(20)12-23-14-5-3-2-4-6-14/h2-8,13,15-17,20-21H,9-12H2,1H3/b8-7+/t13-,15+,16+,17+,19-/m1/s1. The minimum Gasteiger partial charge on any atom is -0.491 e. The van der Waals surface area contributed by atoms with E-state index in [1.807, 2.05) is 43.3 Å². The largest absolute Gasteiger partial charge is 0.491 e. The molecule has 3 rings (SSSR count). The Labute approximate surface area is 136 Å². The van der Waals surface area contributed by atoms with Crippen LogP contribution in [0, 0.1) is 17.3 Å². The predicted molar refractivity (Wildman–Crippen MR) is 87.0 cm³/mol. The summed E-state index contributed by atoms with van der Waals surface area (Å²) in [5.41, 5.74) is -0.278. The highest BCUT2D eigenvalue weighted by molar-refractivity contribution is 5.91. The molecule has 0 unspecified atom stereocenters. The second-order valence-electron chi connectivity index (χ2n) is 6.91. The number of rotatable bonds is 5. The maximum atomic E-state index is 11.9. The van der Waals surface area contributed by atoms with E-state index in [1.54, 1.807) is 6.08 Å². The Kier molecular flexibility index (Phi) is 4.55. The van der Waals surface area contributed by atoms with Crippen LogP contribution in [-0.2, 0) is 4.79 Å². The number of Topliss-reactive ketones (excluding diaryl/α,β-unsaturated/α-hetero) is 1. The average molecular weight is 316 g/mol. The lowest BCUT2D eigenvalue weighted by atomic mass is 9.50. The second-order valence-corrected chi connectivity index (χ2v) is 6.91. The van der Waals surface area contributed by atoms with Gasteiger partial charge in [0.2, 0.25) is 0 Å². The highest BCUT2D eigenvalue weighted by Gasteiger charge is 2.57. The summed E-state index contributed by atoms with van der Waals surface area (Å²) in [5, 5.41) is 20.3. The van der Waals surface area contributed by atoms with Gasteiger partial charge in [-0.1, -0.05) is 37.3 Å². The molecule has 0 bridgehead atoms. The molecular weight excluding hydrogens is 292 g/mol. The minimum atomic E-state index is -0.730. The molecule has 2 aliphatic carbocycles. The zero-order valence-corrected chi connectivity index (χ0v) is 13.4. The highest BCUT2D eigenvalue weighted by Crippen LogP contribution is 2.55. The Morgan fingerprint density at radius 3 is 2.83 bits per heavy atom. The number of fused-ring (bicyclic) bond motifs is 1. The molecule has 4 nitrogen and oxygen atoms in total. The Morgan fingerprint density at radius 1 is 1.39 bits per heavy atom. The average Bonchev–Trinajstić information content (AvgIpc) is 2.57. The van der Waals surface area contributed by atoms with Gasteiger partial charge in [-0.05, 0) is 30.9 Å². The summed E-state index contributed by atoms with van der Waals surface area (Å²) in [6.45, 7) is 2.18. The number of ketones is 1. The lowest BCUT2D eigenvalue weighted by Crippen LogP contribution is -2.56. The van der Waals surface area contributed by atoms with Crippen molar-refractivity contribution in [3.8, 4) is 5.75 Å². The number of hydrogen-bond acceptors (Lipinski definition) is 4. The molecule has 2 N–H and O–H groups in total. The molecule has 0 radical (unpaired) electrons. The molecule has 5 atom stereocenters. The van der Waals surface area contributed by atoms with Crippen LogP contribution in [0.15, 0.2) is 42.5 Å². The minimum absolute atomic E-state index is 0.0576. The Hall–Kier alpha value is -1.65. The monoisotopic (exact) mass is 316 g/mol. The van der Waals surface area contributed by atoms with Crippen molar-refractivity contribution in [1.29, 1.82) is 0 Å². The van der Waals surface area contributed by atoms with Crippen LogP contribution in [0.25, 0.3) is 0 Å². The molecule has 0 amide bonds. The van der Waals surface area contributed by atoms with E-state index < -0.39 is 12.2 Å². The molecule has 124 valence electrons. The molecule has 2 fully saturated rings. The van der Waals surface area contributed by atoms with Gasteiger partial charge in [-0.15, -0.1) is 0 Å². The van der Waals surface area contributed by atoms with Crippen LogP contribution in [-0.4, -0.2) is 34.8 Å². The summed E-state index contributed by atoms with van der Waals surface area (Å²) in [5.74, 6) is 1.16. The summed E-state index contributed by atoms with van der Waals surface area (Å²) in [6.07, 6.45) is 4.35. The number of aliphatic hydroxyl groups is 2. The van der Waals surface area contributed by atoms with E-state index in [0.717, 1.165) is 12.2 Å². The second kappa shape index (κ2) is 6.46. The zero-order chi connectivity index (χ0) is 16.4. The lowest BCUT2D eigenvalue weighted by molar-refractivity contribution is -0.157. The van der Waals surface area contributed by atoms with Crippen LogP contribution in [0.5, 0.6) is 5.75 Å². The number of carbonyl (C=O) groups is 1. The third-order valence-electron chi connectivity index (χ3n) is 5.45. The first kappa shape index (κ1) is 16.2. The third-order valence-corrected chi connectivity index (χ3v) is 5.45. The third kappa shape index (κ3) is 3.19. The SMILES string of the molecule is C[C@@]12CC[C@H](O)[C@@H](/C=C/[C@@H](O)COc3ccccc3)[C@@H]1CC2=O. The van der Waals surface area contributed by atoms with Gasteiger partial charge in [-0.25, -0.2) is 0 Å². The van der Waals surface area contributed by atoms with Crippen LogP contribution < -0.4 is 4.74 Å².